The first-order valence-corrected chi connectivity index (χ1v) is 9.75. The number of halogens is 1. The first-order chi connectivity index (χ1) is 15.4. The van der Waals surface area contributed by atoms with Gasteiger partial charge in [-0.25, -0.2) is 4.39 Å². The molecule has 7 nitrogen and oxygen atoms in total. The van der Waals surface area contributed by atoms with Crippen LogP contribution in [0.1, 0.15) is 26.3 Å². The predicted molar refractivity (Wildman–Crippen MR) is 119 cm³/mol. The van der Waals surface area contributed by atoms with Gasteiger partial charge in [0.25, 0.3) is 11.8 Å². The summed E-state index contributed by atoms with van der Waals surface area (Å²) in [5.41, 5.74) is 2.40. The maximum atomic E-state index is 13.0. The Balaban J connectivity index is 1.58. The van der Waals surface area contributed by atoms with Crippen LogP contribution in [-0.4, -0.2) is 31.4 Å². The SMILES string of the molecule is COc1ccc(C)cc1NC(=O)CNC(=O)c1cccc(NC(=O)c2ccc(F)cc2)c1. The quantitative estimate of drug-likeness (QED) is 0.526. The minimum absolute atomic E-state index is 0.248. The minimum atomic E-state index is -0.478. The molecule has 3 rings (SSSR count). The van der Waals surface area contributed by atoms with Gasteiger partial charge in [0, 0.05) is 16.8 Å². The molecule has 0 unspecified atom stereocenters. The molecule has 0 aliphatic rings. The largest absolute Gasteiger partial charge is 0.495 e. The Morgan fingerprint density at radius 2 is 1.62 bits per heavy atom. The van der Waals surface area contributed by atoms with Crippen LogP contribution in [0.5, 0.6) is 5.75 Å². The molecule has 32 heavy (non-hydrogen) atoms. The van der Waals surface area contributed by atoms with Gasteiger partial charge in [-0.1, -0.05) is 12.1 Å². The number of benzene rings is 3. The number of methoxy groups -OCH3 is 1. The second-order valence-electron chi connectivity index (χ2n) is 6.98. The Morgan fingerprint density at radius 3 is 2.34 bits per heavy atom. The highest BCUT2D eigenvalue weighted by Gasteiger charge is 2.12. The van der Waals surface area contributed by atoms with E-state index in [1.165, 1.54) is 37.4 Å². The lowest BCUT2D eigenvalue weighted by Crippen LogP contribution is -2.33. The molecule has 0 heterocycles. The molecule has 0 fully saturated rings. The fourth-order valence-electron chi connectivity index (χ4n) is 2.92. The Hall–Kier alpha value is -4.20. The topological polar surface area (TPSA) is 96.5 Å². The number of ether oxygens (including phenoxy) is 1. The molecule has 0 bridgehead atoms. The number of hydrogen-bond donors (Lipinski definition) is 3. The molecule has 164 valence electrons. The van der Waals surface area contributed by atoms with E-state index in [9.17, 15) is 18.8 Å². The summed E-state index contributed by atoms with van der Waals surface area (Å²) in [6.07, 6.45) is 0. The molecule has 0 saturated carbocycles. The van der Waals surface area contributed by atoms with Crippen LogP contribution in [0.4, 0.5) is 15.8 Å². The summed E-state index contributed by atoms with van der Waals surface area (Å²) in [5, 5.41) is 7.90. The number of aryl methyl sites for hydroxylation is 1. The predicted octanol–water partition coefficient (Wildman–Crippen LogP) is 3.76. The van der Waals surface area contributed by atoms with Gasteiger partial charge in [-0.2, -0.15) is 0 Å². The third-order valence-electron chi connectivity index (χ3n) is 4.53. The van der Waals surface area contributed by atoms with Crippen LogP contribution in [0.25, 0.3) is 0 Å². The van der Waals surface area contributed by atoms with Crippen LogP contribution in [0.15, 0.2) is 66.7 Å². The van der Waals surface area contributed by atoms with Gasteiger partial charge in [-0.15, -0.1) is 0 Å². The standard InChI is InChI=1S/C24H22FN3O4/c1-15-6-11-21(32-2)20(12-15)28-22(29)14-26-23(30)17-4-3-5-19(13-17)27-24(31)16-7-9-18(25)10-8-16/h3-13H,14H2,1-2H3,(H,26,30)(H,27,31)(H,28,29). The summed E-state index contributed by atoms with van der Waals surface area (Å²) in [5.74, 6) is -1.25. The van der Waals surface area contributed by atoms with E-state index < -0.39 is 23.5 Å². The Kier molecular flexibility index (Phi) is 7.17. The average molecular weight is 435 g/mol. The average Bonchev–Trinajstić information content (AvgIpc) is 2.78. The molecular weight excluding hydrogens is 413 g/mol. The summed E-state index contributed by atoms with van der Waals surface area (Å²) in [4.78, 5) is 37.0. The van der Waals surface area contributed by atoms with Crippen molar-refractivity contribution >= 4 is 29.1 Å². The lowest BCUT2D eigenvalue weighted by molar-refractivity contribution is -0.115. The number of rotatable bonds is 7. The molecule has 0 aliphatic carbocycles. The third kappa shape index (κ3) is 5.91. The van der Waals surface area contributed by atoms with E-state index in [2.05, 4.69) is 16.0 Å². The van der Waals surface area contributed by atoms with Gasteiger partial charge in [0.1, 0.15) is 11.6 Å². The van der Waals surface area contributed by atoms with Gasteiger partial charge in [0.2, 0.25) is 5.91 Å². The maximum absolute atomic E-state index is 13.0. The zero-order chi connectivity index (χ0) is 23.1. The molecular formula is C24H22FN3O4. The molecule has 3 aromatic rings. The molecule has 0 radical (unpaired) electrons. The molecule has 8 heteroatoms. The second kappa shape index (κ2) is 10.2. The lowest BCUT2D eigenvalue weighted by atomic mass is 10.1. The summed E-state index contributed by atoms with van der Waals surface area (Å²) < 4.78 is 18.2. The van der Waals surface area contributed by atoms with Gasteiger partial charge >= 0.3 is 0 Å². The van der Waals surface area contributed by atoms with E-state index in [4.69, 9.17) is 4.74 Å². The van der Waals surface area contributed by atoms with Crippen LogP contribution in [0.3, 0.4) is 0 Å². The van der Waals surface area contributed by atoms with Crippen molar-refractivity contribution in [3.8, 4) is 5.75 Å². The maximum Gasteiger partial charge on any atom is 0.255 e. The van der Waals surface area contributed by atoms with Crippen LogP contribution in [0, 0.1) is 12.7 Å². The van der Waals surface area contributed by atoms with Crippen LogP contribution in [-0.2, 0) is 4.79 Å². The smallest absolute Gasteiger partial charge is 0.255 e. The fraction of sp³-hybridized carbons (Fsp3) is 0.125. The van der Waals surface area contributed by atoms with E-state index in [1.54, 1.807) is 30.3 Å². The van der Waals surface area contributed by atoms with E-state index in [0.717, 1.165) is 5.56 Å². The number of amides is 3. The molecule has 0 spiro atoms. The van der Waals surface area contributed by atoms with Crippen molar-refractivity contribution < 1.29 is 23.5 Å². The minimum Gasteiger partial charge on any atom is -0.495 e. The number of carbonyl (C=O) groups excluding carboxylic acids is 3. The molecule has 0 saturated heterocycles. The molecule has 0 aliphatic heterocycles. The van der Waals surface area contributed by atoms with E-state index >= 15 is 0 Å². The van der Waals surface area contributed by atoms with E-state index in [-0.39, 0.29) is 17.7 Å². The van der Waals surface area contributed by atoms with Crippen molar-refractivity contribution in [1.29, 1.82) is 0 Å². The number of nitrogens with one attached hydrogen (secondary N) is 3. The second-order valence-corrected chi connectivity index (χ2v) is 6.98. The van der Waals surface area contributed by atoms with Crippen molar-refractivity contribution in [3.05, 3.63) is 89.2 Å². The number of hydrogen-bond acceptors (Lipinski definition) is 4. The summed E-state index contributed by atoms with van der Waals surface area (Å²) in [6.45, 7) is 1.64. The number of carbonyl (C=O) groups is 3. The normalized spacial score (nSPS) is 10.2. The van der Waals surface area contributed by atoms with Gasteiger partial charge in [-0.05, 0) is 67.1 Å². The van der Waals surface area contributed by atoms with Crippen LogP contribution in [0.2, 0.25) is 0 Å². The molecule has 3 aromatic carbocycles. The fourth-order valence-corrected chi connectivity index (χ4v) is 2.92. The zero-order valence-corrected chi connectivity index (χ0v) is 17.6. The monoisotopic (exact) mass is 435 g/mol. The van der Waals surface area contributed by atoms with Crippen molar-refractivity contribution in [2.45, 2.75) is 6.92 Å². The molecule has 3 amide bonds. The highest BCUT2D eigenvalue weighted by atomic mass is 19.1. The number of anilines is 2. The first-order valence-electron chi connectivity index (χ1n) is 9.75. The third-order valence-corrected chi connectivity index (χ3v) is 4.53. The van der Waals surface area contributed by atoms with Gasteiger partial charge in [0.15, 0.2) is 0 Å². The Labute approximate surface area is 184 Å². The van der Waals surface area contributed by atoms with Crippen molar-refractivity contribution in [3.63, 3.8) is 0 Å². The summed E-state index contributed by atoms with van der Waals surface area (Å²) in [6, 6.07) is 16.8. The van der Waals surface area contributed by atoms with Gasteiger partial charge in [-0.3, -0.25) is 14.4 Å². The van der Waals surface area contributed by atoms with Crippen molar-refractivity contribution in [2.75, 3.05) is 24.3 Å². The van der Waals surface area contributed by atoms with E-state index in [0.29, 0.717) is 17.1 Å². The van der Waals surface area contributed by atoms with Gasteiger partial charge < -0.3 is 20.7 Å². The lowest BCUT2D eigenvalue weighted by Gasteiger charge is -2.12. The van der Waals surface area contributed by atoms with Crippen molar-refractivity contribution in [1.82, 2.24) is 5.32 Å². The summed E-state index contributed by atoms with van der Waals surface area (Å²) >= 11 is 0. The van der Waals surface area contributed by atoms with Crippen molar-refractivity contribution in [2.24, 2.45) is 0 Å². The highest BCUT2D eigenvalue weighted by molar-refractivity contribution is 6.05. The highest BCUT2D eigenvalue weighted by Crippen LogP contribution is 2.25. The zero-order valence-electron chi connectivity index (χ0n) is 17.6. The summed E-state index contributed by atoms with van der Waals surface area (Å²) in [7, 11) is 1.50. The molecule has 0 aromatic heterocycles. The molecule has 3 N–H and O–H groups in total. The Morgan fingerprint density at radius 1 is 0.875 bits per heavy atom. The van der Waals surface area contributed by atoms with Crippen LogP contribution < -0.4 is 20.7 Å². The first kappa shape index (κ1) is 22.5. The van der Waals surface area contributed by atoms with E-state index in [1.807, 2.05) is 13.0 Å². The Bertz CT molecular complexity index is 1150. The molecule has 0 atom stereocenters. The van der Waals surface area contributed by atoms with Crippen LogP contribution >= 0.6 is 0 Å². The van der Waals surface area contributed by atoms with Gasteiger partial charge in [0.05, 0.1) is 19.3 Å².